The highest BCUT2D eigenvalue weighted by molar-refractivity contribution is 5.86. The van der Waals surface area contributed by atoms with Gasteiger partial charge in [-0.25, -0.2) is 13.6 Å². The van der Waals surface area contributed by atoms with Crippen molar-refractivity contribution in [3.05, 3.63) is 35.4 Å². The van der Waals surface area contributed by atoms with Crippen LogP contribution in [0.25, 0.3) is 0 Å². The van der Waals surface area contributed by atoms with E-state index in [-0.39, 0.29) is 12.3 Å². The van der Waals surface area contributed by atoms with E-state index in [1.807, 2.05) is 0 Å². The summed E-state index contributed by atoms with van der Waals surface area (Å²) in [4.78, 5) is 22.4. The zero-order valence-corrected chi connectivity index (χ0v) is 11.4. The molecule has 1 rings (SSSR count). The van der Waals surface area contributed by atoms with Crippen molar-refractivity contribution in [2.45, 2.75) is 38.6 Å². The third-order valence-corrected chi connectivity index (χ3v) is 2.84. The van der Waals surface area contributed by atoms with Crippen LogP contribution in [0.5, 0.6) is 0 Å². The molecule has 0 aliphatic carbocycles. The van der Waals surface area contributed by atoms with Gasteiger partial charge in [-0.3, -0.25) is 4.79 Å². The van der Waals surface area contributed by atoms with Gasteiger partial charge in [0.05, 0.1) is 0 Å². The van der Waals surface area contributed by atoms with Gasteiger partial charge in [0.1, 0.15) is 5.54 Å². The monoisotopic (exact) mass is 285 g/mol. The first-order valence-electron chi connectivity index (χ1n) is 6.20. The second-order valence-corrected chi connectivity index (χ2v) is 5.08. The van der Waals surface area contributed by atoms with Crippen LogP contribution in [0.1, 0.15) is 32.3 Å². The van der Waals surface area contributed by atoms with Gasteiger partial charge in [-0.2, -0.15) is 0 Å². The molecule has 1 aromatic rings. The molecule has 0 saturated heterocycles. The Morgan fingerprint density at radius 3 is 2.45 bits per heavy atom. The number of carboxylic acid groups (broad SMARTS) is 1. The maximum absolute atomic E-state index is 13.0. The summed E-state index contributed by atoms with van der Waals surface area (Å²) in [6.07, 6.45) is 0.959. The zero-order valence-electron chi connectivity index (χ0n) is 11.4. The maximum Gasteiger partial charge on any atom is 0.328 e. The molecule has 0 unspecified atom stereocenters. The predicted molar refractivity (Wildman–Crippen MR) is 69.2 cm³/mol. The van der Waals surface area contributed by atoms with Crippen molar-refractivity contribution in [1.82, 2.24) is 5.32 Å². The van der Waals surface area contributed by atoms with Crippen LogP contribution in [-0.4, -0.2) is 22.5 Å². The van der Waals surface area contributed by atoms with E-state index in [1.54, 1.807) is 0 Å². The first kappa shape index (κ1) is 16.1. The molecule has 6 heteroatoms. The molecule has 0 bridgehead atoms. The van der Waals surface area contributed by atoms with Crippen molar-refractivity contribution in [3.8, 4) is 0 Å². The minimum absolute atomic E-state index is 0.121. The lowest BCUT2D eigenvalue weighted by Crippen LogP contribution is -2.49. The van der Waals surface area contributed by atoms with Crippen LogP contribution in [0.15, 0.2) is 18.2 Å². The Hall–Kier alpha value is -1.98. The Balaban J connectivity index is 2.42. The fourth-order valence-corrected chi connectivity index (χ4v) is 1.61. The molecule has 0 spiro atoms. The fourth-order valence-electron chi connectivity index (χ4n) is 1.61. The third kappa shape index (κ3) is 4.60. The largest absolute Gasteiger partial charge is 0.480 e. The molecule has 110 valence electrons. The van der Waals surface area contributed by atoms with Crippen LogP contribution in [0.4, 0.5) is 8.78 Å². The molecule has 0 atom stereocenters. The molecule has 1 amide bonds. The molecular weight excluding hydrogens is 268 g/mol. The Labute approximate surface area is 115 Å². The molecule has 0 heterocycles. The SMILES string of the molecule is CC(C)(NC(=O)CCCc1ccc(F)c(F)c1)C(=O)O. The van der Waals surface area contributed by atoms with E-state index < -0.39 is 23.1 Å². The number of carbonyl (C=O) groups is 2. The van der Waals surface area contributed by atoms with E-state index in [2.05, 4.69) is 5.32 Å². The zero-order chi connectivity index (χ0) is 15.3. The van der Waals surface area contributed by atoms with Gasteiger partial charge in [0.15, 0.2) is 11.6 Å². The molecule has 0 radical (unpaired) electrons. The van der Waals surface area contributed by atoms with Crippen molar-refractivity contribution in [2.75, 3.05) is 0 Å². The van der Waals surface area contributed by atoms with Crippen LogP contribution in [-0.2, 0) is 16.0 Å². The fraction of sp³-hybridized carbons (Fsp3) is 0.429. The minimum Gasteiger partial charge on any atom is -0.480 e. The van der Waals surface area contributed by atoms with Gasteiger partial charge in [-0.05, 0) is 44.4 Å². The van der Waals surface area contributed by atoms with Gasteiger partial charge in [0.25, 0.3) is 0 Å². The first-order chi connectivity index (χ1) is 9.22. The quantitative estimate of drug-likeness (QED) is 0.842. The number of hydrogen-bond donors (Lipinski definition) is 2. The highest BCUT2D eigenvalue weighted by atomic mass is 19.2. The summed E-state index contributed by atoms with van der Waals surface area (Å²) in [5.41, 5.74) is -0.729. The molecule has 4 nitrogen and oxygen atoms in total. The number of halogens is 2. The number of carbonyl (C=O) groups excluding carboxylic acids is 1. The molecule has 1 aromatic carbocycles. The summed E-state index contributed by atoms with van der Waals surface area (Å²) in [5, 5.41) is 11.2. The van der Waals surface area contributed by atoms with Crippen molar-refractivity contribution < 1.29 is 23.5 Å². The Morgan fingerprint density at radius 2 is 1.90 bits per heavy atom. The highest BCUT2D eigenvalue weighted by Gasteiger charge is 2.28. The van der Waals surface area contributed by atoms with Crippen LogP contribution < -0.4 is 5.32 Å². The highest BCUT2D eigenvalue weighted by Crippen LogP contribution is 2.11. The second-order valence-electron chi connectivity index (χ2n) is 5.08. The number of rotatable bonds is 6. The van der Waals surface area contributed by atoms with E-state index >= 15 is 0 Å². The van der Waals surface area contributed by atoms with Crippen LogP contribution in [0.3, 0.4) is 0 Å². The van der Waals surface area contributed by atoms with Crippen molar-refractivity contribution >= 4 is 11.9 Å². The lowest BCUT2D eigenvalue weighted by molar-refractivity contribution is -0.146. The van der Waals surface area contributed by atoms with E-state index in [1.165, 1.54) is 19.9 Å². The summed E-state index contributed by atoms with van der Waals surface area (Å²) < 4.78 is 25.7. The summed E-state index contributed by atoms with van der Waals surface area (Å²) >= 11 is 0. The first-order valence-corrected chi connectivity index (χ1v) is 6.20. The lowest BCUT2D eigenvalue weighted by Gasteiger charge is -2.20. The van der Waals surface area contributed by atoms with Gasteiger partial charge in [-0.15, -0.1) is 0 Å². The van der Waals surface area contributed by atoms with Gasteiger partial charge < -0.3 is 10.4 Å². The lowest BCUT2D eigenvalue weighted by atomic mass is 10.0. The van der Waals surface area contributed by atoms with E-state index in [9.17, 15) is 18.4 Å². The third-order valence-electron chi connectivity index (χ3n) is 2.84. The Bertz CT molecular complexity index is 515. The molecule has 0 aliphatic rings. The summed E-state index contributed by atoms with van der Waals surface area (Å²) in [5.74, 6) is -3.33. The van der Waals surface area contributed by atoms with Crippen molar-refractivity contribution in [1.29, 1.82) is 0 Å². The van der Waals surface area contributed by atoms with Crippen molar-refractivity contribution in [3.63, 3.8) is 0 Å². The summed E-state index contributed by atoms with van der Waals surface area (Å²) in [6.45, 7) is 2.78. The van der Waals surface area contributed by atoms with Gasteiger partial charge in [0, 0.05) is 6.42 Å². The summed E-state index contributed by atoms with van der Waals surface area (Å²) in [6, 6.07) is 3.59. The van der Waals surface area contributed by atoms with Gasteiger partial charge >= 0.3 is 5.97 Å². The topological polar surface area (TPSA) is 66.4 Å². The second kappa shape index (κ2) is 6.45. The van der Waals surface area contributed by atoms with Gasteiger partial charge in [0.2, 0.25) is 5.91 Å². The van der Waals surface area contributed by atoms with Crippen LogP contribution in [0.2, 0.25) is 0 Å². The van der Waals surface area contributed by atoms with E-state index in [0.717, 1.165) is 12.1 Å². The molecular formula is C14H17F2NO3. The number of hydrogen-bond acceptors (Lipinski definition) is 2. The summed E-state index contributed by atoms with van der Waals surface area (Å²) in [7, 11) is 0. The Kier molecular flexibility index (Phi) is 5.19. The van der Waals surface area contributed by atoms with Crippen LogP contribution in [0, 0.1) is 11.6 Å². The van der Waals surface area contributed by atoms with Crippen molar-refractivity contribution in [2.24, 2.45) is 0 Å². The van der Waals surface area contributed by atoms with Crippen LogP contribution >= 0.6 is 0 Å². The number of aryl methyl sites for hydroxylation is 1. The normalized spacial score (nSPS) is 11.2. The molecule has 2 N–H and O–H groups in total. The minimum atomic E-state index is -1.32. The molecule has 0 fully saturated rings. The maximum atomic E-state index is 13.0. The number of aliphatic carboxylic acids is 1. The molecule has 20 heavy (non-hydrogen) atoms. The average molecular weight is 285 g/mol. The predicted octanol–water partition coefficient (Wildman–Crippen LogP) is 2.27. The number of amides is 1. The molecule has 0 aliphatic heterocycles. The smallest absolute Gasteiger partial charge is 0.328 e. The van der Waals surface area contributed by atoms with E-state index in [4.69, 9.17) is 5.11 Å². The number of carboxylic acids is 1. The Morgan fingerprint density at radius 1 is 1.25 bits per heavy atom. The number of nitrogens with one attached hydrogen (secondary N) is 1. The van der Waals surface area contributed by atoms with Gasteiger partial charge in [-0.1, -0.05) is 6.07 Å². The number of benzene rings is 1. The average Bonchev–Trinajstić information content (AvgIpc) is 2.33. The van der Waals surface area contributed by atoms with E-state index in [0.29, 0.717) is 18.4 Å². The molecule has 0 aromatic heterocycles. The molecule has 0 saturated carbocycles. The standard InChI is InChI=1S/C14H17F2NO3/c1-14(2,13(19)20)17-12(18)5-3-4-9-6-7-10(15)11(16)8-9/h6-8H,3-5H2,1-2H3,(H,17,18)(H,19,20).